The Morgan fingerprint density at radius 1 is 0.939 bits per heavy atom. The van der Waals surface area contributed by atoms with E-state index in [4.69, 9.17) is 5.73 Å². The maximum atomic E-state index is 14.3. The van der Waals surface area contributed by atoms with Gasteiger partial charge >= 0.3 is 0 Å². The molecule has 9 heteroatoms. The number of anilines is 1. The lowest BCUT2D eigenvalue weighted by Gasteiger charge is -2.11. The molecule has 3 aromatic heterocycles. The Bertz CT molecular complexity index is 1420. The van der Waals surface area contributed by atoms with Crippen LogP contribution in [0.5, 0.6) is 0 Å². The number of fused-ring (bicyclic) bond motifs is 1. The highest BCUT2D eigenvalue weighted by atomic mass is 19.1. The Labute approximate surface area is 188 Å². The highest BCUT2D eigenvalue weighted by Gasteiger charge is 2.15. The second-order valence-corrected chi connectivity index (χ2v) is 7.51. The number of carbonyl (C=O) groups is 1. The van der Waals surface area contributed by atoms with Crippen molar-refractivity contribution in [2.45, 2.75) is 13.1 Å². The molecule has 0 atom stereocenters. The van der Waals surface area contributed by atoms with E-state index in [2.05, 4.69) is 20.3 Å². The lowest BCUT2D eigenvalue weighted by molar-refractivity contribution is 0.0940. The Hall–Kier alpha value is -4.53. The lowest BCUT2D eigenvalue weighted by Crippen LogP contribution is -2.26. The summed E-state index contributed by atoms with van der Waals surface area (Å²) in [7, 11) is 0. The van der Waals surface area contributed by atoms with Crippen molar-refractivity contribution in [2.24, 2.45) is 0 Å². The molecule has 0 bridgehead atoms. The van der Waals surface area contributed by atoms with Crippen LogP contribution in [0.1, 0.15) is 21.6 Å². The monoisotopic (exact) mass is 441 g/mol. The Balaban J connectivity index is 1.28. The van der Waals surface area contributed by atoms with Gasteiger partial charge in [0.25, 0.3) is 5.91 Å². The number of rotatable bonds is 6. The summed E-state index contributed by atoms with van der Waals surface area (Å²) >= 11 is 0. The Kier molecular flexibility index (Phi) is 5.27. The molecule has 3 N–H and O–H groups in total. The van der Waals surface area contributed by atoms with Gasteiger partial charge < -0.3 is 15.6 Å². The maximum absolute atomic E-state index is 14.3. The number of hydrogen-bond donors (Lipinski definition) is 2. The third-order valence-electron chi connectivity index (χ3n) is 5.37. The fraction of sp³-hybridized carbons (Fsp3) is 0.0833. The van der Waals surface area contributed by atoms with Crippen LogP contribution in [0.15, 0.2) is 79.4 Å². The number of amides is 1. The van der Waals surface area contributed by atoms with Crippen LogP contribution in [0.4, 0.5) is 10.2 Å². The van der Waals surface area contributed by atoms with Gasteiger partial charge in [-0.3, -0.25) is 9.36 Å². The van der Waals surface area contributed by atoms with Crippen molar-refractivity contribution < 1.29 is 9.18 Å². The average molecular weight is 441 g/mol. The van der Waals surface area contributed by atoms with Crippen LogP contribution < -0.4 is 11.1 Å². The largest absolute Gasteiger partial charge is 0.382 e. The number of nitrogens with two attached hydrogens (primary N) is 1. The Morgan fingerprint density at radius 3 is 2.52 bits per heavy atom. The second-order valence-electron chi connectivity index (χ2n) is 7.51. The first-order valence-corrected chi connectivity index (χ1v) is 10.3. The van der Waals surface area contributed by atoms with Crippen molar-refractivity contribution >= 4 is 22.9 Å². The van der Waals surface area contributed by atoms with Gasteiger partial charge in [-0.2, -0.15) is 4.39 Å². The molecule has 0 aliphatic heterocycles. The highest BCUT2D eigenvalue weighted by Crippen LogP contribution is 2.19. The average Bonchev–Trinajstić information content (AvgIpc) is 3.43. The molecule has 8 nitrogen and oxygen atoms in total. The third kappa shape index (κ3) is 4.03. The van der Waals surface area contributed by atoms with Crippen LogP contribution in [-0.2, 0) is 13.1 Å². The molecular formula is C24H20FN7O. The van der Waals surface area contributed by atoms with Gasteiger partial charge in [0.15, 0.2) is 22.9 Å². The maximum Gasteiger partial charge on any atom is 0.268 e. The van der Waals surface area contributed by atoms with Crippen LogP contribution >= 0.6 is 0 Å². The molecular weight excluding hydrogens is 421 g/mol. The van der Waals surface area contributed by atoms with E-state index < -0.39 is 5.95 Å². The number of nitrogens with one attached hydrogen (secondary N) is 1. The molecule has 0 saturated carbocycles. The first kappa shape index (κ1) is 20.4. The van der Waals surface area contributed by atoms with E-state index in [0.717, 1.165) is 16.8 Å². The zero-order valence-corrected chi connectivity index (χ0v) is 17.5. The second kappa shape index (κ2) is 8.54. The van der Waals surface area contributed by atoms with Gasteiger partial charge in [-0.25, -0.2) is 15.0 Å². The summed E-state index contributed by atoms with van der Waals surface area (Å²) in [5.74, 6) is -0.469. The van der Waals surface area contributed by atoms with E-state index in [1.807, 2.05) is 59.2 Å². The molecule has 0 fully saturated rings. The van der Waals surface area contributed by atoms with E-state index in [1.54, 1.807) is 6.33 Å². The van der Waals surface area contributed by atoms with E-state index in [9.17, 15) is 9.18 Å². The number of aromatic nitrogens is 5. The predicted octanol–water partition coefficient (Wildman–Crippen LogP) is 3.32. The zero-order valence-electron chi connectivity index (χ0n) is 17.5. The molecule has 0 aliphatic carbocycles. The summed E-state index contributed by atoms with van der Waals surface area (Å²) in [6, 6.07) is 19.9. The zero-order chi connectivity index (χ0) is 22.8. The van der Waals surface area contributed by atoms with Gasteiger partial charge in [0.2, 0.25) is 0 Å². The van der Waals surface area contributed by atoms with Gasteiger partial charge in [0.05, 0.1) is 6.54 Å². The SMILES string of the molecule is Nc1ncnc2c1ncn2-c1ccc(CNC(=O)c2ccc(F)n2Cc2ccccc2)cc1. The van der Waals surface area contributed by atoms with Crippen LogP contribution in [0.2, 0.25) is 0 Å². The normalized spacial score (nSPS) is 11.1. The summed E-state index contributed by atoms with van der Waals surface area (Å²) in [6.45, 7) is 0.584. The van der Waals surface area contributed by atoms with Crippen molar-refractivity contribution in [1.82, 2.24) is 29.4 Å². The number of nitrogens with zero attached hydrogens (tertiary/aromatic N) is 5. The number of benzene rings is 2. The molecule has 5 aromatic rings. The summed E-state index contributed by atoms with van der Waals surface area (Å²) < 4.78 is 17.5. The van der Waals surface area contributed by atoms with Crippen molar-refractivity contribution in [1.29, 1.82) is 0 Å². The first-order valence-electron chi connectivity index (χ1n) is 10.3. The smallest absolute Gasteiger partial charge is 0.268 e. The summed E-state index contributed by atoms with van der Waals surface area (Å²) in [6.07, 6.45) is 3.04. The van der Waals surface area contributed by atoms with Gasteiger partial charge in [-0.15, -0.1) is 0 Å². The van der Waals surface area contributed by atoms with E-state index in [0.29, 0.717) is 23.5 Å². The number of imidazole rings is 1. The molecule has 0 aliphatic rings. The topological polar surface area (TPSA) is 104 Å². The third-order valence-corrected chi connectivity index (χ3v) is 5.37. The van der Waals surface area contributed by atoms with Gasteiger partial charge in [0, 0.05) is 12.2 Å². The first-order chi connectivity index (χ1) is 16.1. The minimum Gasteiger partial charge on any atom is -0.382 e. The van der Waals surface area contributed by atoms with Gasteiger partial charge in [-0.1, -0.05) is 42.5 Å². The molecule has 164 valence electrons. The van der Waals surface area contributed by atoms with Crippen molar-refractivity contribution in [3.8, 4) is 5.69 Å². The van der Waals surface area contributed by atoms with Crippen LogP contribution in [-0.4, -0.2) is 30.0 Å². The minimum absolute atomic E-state index is 0.273. The molecule has 0 unspecified atom stereocenters. The van der Waals surface area contributed by atoms with Crippen molar-refractivity contribution in [2.75, 3.05) is 5.73 Å². The minimum atomic E-state index is -0.453. The summed E-state index contributed by atoms with van der Waals surface area (Å²) in [5.41, 5.74) is 9.94. The number of nitrogen functional groups attached to an aromatic ring is 1. The molecule has 0 spiro atoms. The quantitative estimate of drug-likeness (QED) is 0.421. The van der Waals surface area contributed by atoms with Crippen molar-refractivity contribution in [3.63, 3.8) is 0 Å². The molecule has 5 rings (SSSR count). The van der Waals surface area contributed by atoms with E-state index in [-0.39, 0.29) is 18.1 Å². The summed E-state index contributed by atoms with van der Waals surface area (Å²) in [4.78, 5) is 25.2. The molecule has 3 heterocycles. The number of carbonyl (C=O) groups excluding carboxylic acids is 1. The number of halogens is 1. The molecule has 2 aromatic carbocycles. The standard InChI is InChI=1S/C24H20FN7O/c25-20-11-10-19(31(20)13-17-4-2-1-3-5-17)24(33)27-12-16-6-8-18(9-7-16)32-15-30-21-22(26)28-14-29-23(21)32/h1-11,14-15H,12-13H2,(H,27,33)(H2,26,28,29). The Morgan fingerprint density at radius 2 is 1.73 bits per heavy atom. The van der Waals surface area contributed by atoms with Crippen LogP contribution in [0.25, 0.3) is 16.9 Å². The fourth-order valence-corrected chi connectivity index (χ4v) is 3.66. The van der Waals surface area contributed by atoms with Crippen LogP contribution in [0.3, 0.4) is 0 Å². The molecule has 0 saturated heterocycles. The molecule has 1 amide bonds. The van der Waals surface area contributed by atoms with E-state index >= 15 is 0 Å². The highest BCUT2D eigenvalue weighted by molar-refractivity contribution is 5.92. The molecule has 0 radical (unpaired) electrons. The van der Waals surface area contributed by atoms with Crippen LogP contribution in [0, 0.1) is 5.95 Å². The lowest BCUT2D eigenvalue weighted by atomic mass is 10.2. The van der Waals surface area contributed by atoms with Gasteiger partial charge in [0.1, 0.15) is 18.3 Å². The molecule has 33 heavy (non-hydrogen) atoms. The fourth-order valence-electron chi connectivity index (χ4n) is 3.66. The van der Waals surface area contributed by atoms with E-state index in [1.165, 1.54) is 23.0 Å². The number of hydrogen-bond acceptors (Lipinski definition) is 5. The summed E-state index contributed by atoms with van der Waals surface area (Å²) in [5, 5.41) is 2.86. The van der Waals surface area contributed by atoms with Crippen molar-refractivity contribution in [3.05, 3.63) is 102 Å². The predicted molar refractivity (Wildman–Crippen MR) is 122 cm³/mol. The van der Waals surface area contributed by atoms with Gasteiger partial charge in [-0.05, 0) is 35.4 Å².